The minimum absolute atomic E-state index is 0.0671. The molecule has 0 bridgehead atoms. The van der Waals surface area contributed by atoms with Crippen LogP contribution in [-0.2, 0) is 14.8 Å². The van der Waals surface area contributed by atoms with Gasteiger partial charge in [0.25, 0.3) is 5.91 Å². The maximum absolute atomic E-state index is 12.4. The van der Waals surface area contributed by atoms with Crippen LogP contribution >= 0.6 is 0 Å². The highest BCUT2D eigenvalue weighted by atomic mass is 32.2. The molecule has 6 nitrogen and oxygen atoms in total. The van der Waals surface area contributed by atoms with E-state index in [1.165, 1.54) is 24.3 Å². The van der Waals surface area contributed by atoms with E-state index in [0.29, 0.717) is 12.2 Å². The van der Waals surface area contributed by atoms with E-state index in [4.69, 9.17) is 4.74 Å². The Bertz CT molecular complexity index is 917. The predicted molar refractivity (Wildman–Crippen MR) is 104 cm³/mol. The van der Waals surface area contributed by atoms with Gasteiger partial charge in [0.05, 0.1) is 11.0 Å². The van der Waals surface area contributed by atoms with Crippen LogP contribution in [-0.4, -0.2) is 33.6 Å². The van der Waals surface area contributed by atoms with E-state index < -0.39 is 10.0 Å². The third-order valence-electron chi connectivity index (χ3n) is 4.58. The Morgan fingerprint density at radius 1 is 1.15 bits per heavy atom. The molecular weight excluding hydrogens is 364 g/mol. The first-order valence-corrected chi connectivity index (χ1v) is 10.4. The molecular formula is C20H24N2O4S. The molecule has 2 aromatic carbocycles. The van der Waals surface area contributed by atoms with Gasteiger partial charge in [0.15, 0.2) is 0 Å². The number of benzene rings is 2. The summed E-state index contributed by atoms with van der Waals surface area (Å²) in [7, 11) is -3.62. The van der Waals surface area contributed by atoms with Crippen molar-refractivity contribution >= 4 is 21.6 Å². The van der Waals surface area contributed by atoms with E-state index in [1.807, 2.05) is 32.0 Å². The lowest BCUT2D eigenvalue weighted by Crippen LogP contribution is -2.31. The van der Waals surface area contributed by atoms with E-state index in [2.05, 4.69) is 10.0 Å². The first-order valence-electron chi connectivity index (χ1n) is 8.95. The van der Waals surface area contributed by atoms with Gasteiger partial charge in [-0.2, -0.15) is 0 Å². The summed E-state index contributed by atoms with van der Waals surface area (Å²) in [5.41, 5.74) is 3.23. The SMILES string of the molecule is Cc1ccc(NC(=O)c2ccc(S(=O)(=O)NCC3CCCO3)cc2)c(C)c1. The van der Waals surface area contributed by atoms with Crippen LogP contribution in [0.2, 0.25) is 0 Å². The number of sulfonamides is 1. The fourth-order valence-electron chi connectivity index (χ4n) is 3.03. The largest absolute Gasteiger partial charge is 0.377 e. The zero-order valence-electron chi connectivity index (χ0n) is 15.5. The molecule has 27 heavy (non-hydrogen) atoms. The lowest BCUT2D eigenvalue weighted by atomic mass is 10.1. The van der Waals surface area contributed by atoms with Crippen molar-refractivity contribution in [3.8, 4) is 0 Å². The highest BCUT2D eigenvalue weighted by Crippen LogP contribution is 2.18. The zero-order chi connectivity index (χ0) is 19.4. The first kappa shape index (κ1) is 19.5. The van der Waals surface area contributed by atoms with Crippen LogP contribution < -0.4 is 10.0 Å². The van der Waals surface area contributed by atoms with Crippen LogP contribution in [0.15, 0.2) is 47.4 Å². The predicted octanol–water partition coefficient (Wildman–Crippen LogP) is 3.01. The first-order chi connectivity index (χ1) is 12.8. The van der Waals surface area contributed by atoms with E-state index in [9.17, 15) is 13.2 Å². The average molecular weight is 388 g/mol. The molecule has 2 aromatic rings. The van der Waals surface area contributed by atoms with Crippen LogP contribution in [0.1, 0.15) is 34.3 Å². The van der Waals surface area contributed by atoms with Gasteiger partial charge >= 0.3 is 0 Å². The van der Waals surface area contributed by atoms with Crippen molar-refractivity contribution in [2.45, 2.75) is 37.7 Å². The molecule has 7 heteroatoms. The lowest BCUT2D eigenvalue weighted by Gasteiger charge is -2.12. The smallest absolute Gasteiger partial charge is 0.255 e. The highest BCUT2D eigenvalue weighted by Gasteiger charge is 2.20. The second-order valence-electron chi connectivity index (χ2n) is 6.78. The van der Waals surface area contributed by atoms with E-state index in [0.717, 1.165) is 29.7 Å². The summed E-state index contributed by atoms with van der Waals surface area (Å²) in [5, 5.41) is 2.85. The van der Waals surface area contributed by atoms with E-state index in [1.54, 1.807) is 0 Å². The molecule has 1 aliphatic rings. The third-order valence-corrected chi connectivity index (χ3v) is 6.02. The fraction of sp³-hybridized carbons (Fsp3) is 0.350. The van der Waals surface area contributed by atoms with Crippen molar-refractivity contribution in [1.29, 1.82) is 0 Å². The standard InChI is InChI=1S/C20H24N2O4S/c1-14-5-10-19(15(2)12-14)22-20(23)16-6-8-18(9-7-16)27(24,25)21-13-17-4-3-11-26-17/h5-10,12,17,21H,3-4,11,13H2,1-2H3,(H,22,23). The Labute approximate surface area is 160 Å². The van der Waals surface area contributed by atoms with Crippen molar-refractivity contribution in [2.75, 3.05) is 18.5 Å². The Balaban J connectivity index is 1.65. The number of nitrogens with one attached hydrogen (secondary N) is 2. The molecule has 144 valence electrons. The van der Waals surface area contributed by atoms with Crippen LogP contribution in [0.4, 0.5) is 5.69 Å². The number of rotatable bonds is 6. The Kier molecular flexibility index (Phi) is 5.94. The van der Waals surface area contributed by atoms with Gasteiger partial charge in [-0.3, -0.25) is 4.79 Å². The quantitative estimate of drug-likeness (QED) is 0.797. The maximum atomic E-state index is 12.4. The number of anilines is 1. The normalized spacial score (nSPS) is 17.0. The minimum Gasteiger partial charge on any atom is -0.377 e. The summed E-state index contributed by atoms with van der Waals surface area (Å²) < 4.78 is 32.7. The molecule has 0 aliphatic carbocycles. The Morgan fingerprint density at radius 3 is 2.52 bits per heavy atom. The molecule has 2 N–H and O–H groups in total. The molecule has 3 rings (SSSR count). The van der Waals surface area contributed by atoms with E-state index in [-0.39, 0.29) is 23.5 Å². The number of hydrogen-bond donors (Lipinski definition) is 2. The van der Waals surface area contributed by atoms with Gasteiger partial charge in [-0.15, -0.1) is 0 Å². The molecule has 1 fully saturated rings. The molecule has 1 amide bonds. The van der Waals surface area contributed by atoms with Gasteiger partial charge in [0.2, 0.25) is 10.0 Å². The molecule has 1 aliphatic heterocycles. The number of ether oxygens (including phenoxy) is 1. The number of carbonyl (C=O) groups excluding carboxylic acids is 1. The van der Waals surface area contributed by atoms with Crippen molar-refractivity contribution in [3.05, 3.63) is 59.2 Å². The number of hydrogen-bond acceptors (Lipinski definition) is 4. The third kappa shape index (κ3) is 4.94. The lowest BCUT2D eigenvalue weighted by molar-refractivity contribution is 0.102. The van der Waals surface area contributed by atoms with Crippen LogP contribution in [0.25, 0.3) is 0 Å². The van der Waals surface area contributed by atoms with Gasteiger partial charge < -0.3 is 10.1 Å². The summed E-state index contributed by atoms with van der Waals surface area (Å²) in [5.74, 6) is -0.279. The molecule has 0 saturated carbocycles. The number of carbonyl (C=O) groups is 1. The molecule has 1 saturated heterocycles. The second-order valence-corrected chi connectivity index (χ2v) is 8.55. The molecule has 1 heterocycles. The summed E-state index contributed by atoms with van der Waals surface area (Å²) in [6, 6.07) is 11.7. The summed E-state index contributed by atoms with van der Waals surface area (Å²) in [6.07, 6.45) is 1.75. The van der Waals surface area contributed by atoms with Gasteiger partial charge in [-0.25, -0.2) is 13.1 Å². The Hall–Kier alpha value is -2.22. The van der Waals surface area contributed by atoms with Crippen molar-refractivity contribution in [1.82, 2.24) is 4.72 Å². The molecule has 0 spiro atoms. The zero-order valence-corrected chi connectivity index (χ0v) is 16.3. The van der Waals surface area contributed by atoms with Gasteiger partial charge in [0, 0.05) is 24.4 Å². The van der Waals surface area contributed by atoms with Gasteiger partial charge in [-0.1, -0.05) is 17.7 Å². The molecule has 1 atom stereocenters. The highest BCUT2D eigenvalue weighted by molar-refractivity contribution is 7.89. The van der Waals surface area contributed by atoms with E-state index >= 15 is 0 Å². The van der Waals surface area contributed by atoms with Crippen molar-refractivity contribution < 1.29 is 17.9 Å². The molecule has 0 radical (unpaired) electrons. The summed E-state index contributed by atoms with van der Waals surface area (Å²) in [4.78, 5) is 12.5. The summed E-state index contributed by atoms with van der Waals surface area (Å²) >= 11 is 0. The summed E-state index contributed by atoms with van der Waals surface area (Å²) in [6.45, 7) is 4.86. The van der Waals surface area contributed by atoms with Crippen LogP contribution in [0.5, 0.6) is 0 Å². The Morgan fingerprint density at radius 2 is 1.89 bits per heavy atom. The monoisotopic (exact) mass is 388 g/mol. The number of amides is 1. The average Bonchev–Trinajstić information content (AvgIpc) is 3.16. The van der Waals surface area contributed by atoms with Gasteiger partial charge in [0.1, 0.15) is 0 Å². The fourth-order valence-corrected chi connectivity index (χ4v) is 4.09. The molecule has 1 unspecified atom stereocenters. The minimum atomic E-state index is -3.62. The second kappa shape index (κ2) is 8.21. The number of aryl methyl sites for hydroxylation is 2. The van der Waals surface area contributed by atoms with Gasteiger partial charge in [-0.05, 0) is 62.6 Å². The topological polar surface area (TPSA) is 84.5 Å². The van der Waals surface area contributed by atoms with Crippen LogP contribution in [0, 0.1) is 13.8 Å². The van der Waals surface area contributed by atoms with Crippen molar-refractivity contribution in [2.24, 2.45) is 0 Å². The molecule has 0 aromatic heterocycles. The van der Waals surface area contributed by atoms with Crippen LogP contribution in [0.3, 0.4) is 0 Å². The van der Waals surface area contributed by atoms with Crippen molar-refractivity contribution in [3.63, 3.8) is 0 Å². The maximum Gasteiger partial charge on any atom is 0.255 e.